The highest BCUT2D eigenvalue weighted by atomic mass is 19.1. The van der Waals surface area contributed by atoms with Crippen LogP contribution in [0.3, 0.4) is 0 Å². The van der Waals surface area contributed by atoms with Gasteiger partial charge in [-0.2, -0.15) is 0 Å². The van der Waals surface area contributed by atoms with Crippen LogP contribution in [0.15, 0.2) is 24.3 Å². The molecule has 0 aromatic heterocycles. The van der Waals surface area contributed by atoms with E-state index in [1.165, 1.54) is 26.2 Å². The van der Waals surface area contributed by atoms with Gasteiger partial charge in [0, 0.05) is 0 Å². The Labute approximate surface area is 160 Å². The summed E-state index contributed by atoms with van der Waals surface area (Å²) < 4.78 is 30.1. The van der Waals surface area contributed by atoms with Crippen LogP contribution < -0.4 is 14.2 Å². The summed E-state index contributed by atoms with van der Waals surface area (Å²) in [6.07, 6.45) is 0.722. The topological polar surface area (TPSA) is 44.8 Å². The first kappa shape index (κ1) is 20.7. The van der Waals surface area contributed by atoms with E-state index >= 15 is 0 Å². The van der Waals surface area contributed by atoms with Gasteiger partial charge in [0.1, 0.15) is 5.82 Å². The Morgan fingerprint density at radius 1 is 1.00 bits per heavy atom. The monoisotopic (exact) mass is 374 g/mol. The number of rotatable bonds is 8. The fourth-order valence-electron chi connectivity index (χ4n) is 3.21. The summed E-state index contributed by atoms with van der Waals surface area (Å²) in [5.41, 5.74) is 3.23. The molecule has 0 spiro atoms. The number of carbonyl (C=O) groups is 1. The first-order valence-corrected chi connectivity index (χ1v) is 8.96. The normalized spacial score (nSPS) is 11.8. The van der Waals surface area contributed by atoms with Gasteiger partial charge in [0.05, 0.1) is 26.4 Å². The zero-order valence-electron chi connectivity index (χ0n) is 16.8. The number of halogens is 1. The van der Waals surface area contributed by atoms with Gasteiger partial charge < -0.3 is 14.2 Å². The molecule has 5 heteroatoms. The van der Waals surface area contributed by atoms with E-state index in [2.05, 4.69) is 6.92 Å². The van der Waals surface area contributed by atoms with Crippen LogP contribution in [0.5, 0.6) is 17.2 Å². The standard InChI is InChI=1S/C22H27FO4/c1-13(17-7-9-18(23)10-8-17)11-12-27-22-20(25-5)15(3)14(2)19(16(4)24)21(22)26-6/h7-10,13H,11-12H2,1-6H3. The molecule has 27 heavy (non-hydrogen) atoms. The summed E-state index contributed by atoms with van der Waals surface area (Å²) in [5.74, 6) is 1.28. The molecule has 1 unspecified atom stereocenters. The molecule has 0 aliphatic carbocycles. The number of ketones is 1. The van der Waals surface area contributed by atoms with Crippen molar-refractivity contribution in [2.24, 2.45) is 0 Å². The van der Waals surface area contributed by atoms with Crippen molar-refractivity contribution in [3.8, 4) is 17.2 Å². The van der Waals surface area contributed by atoms with E-state index in [4.69, 9.17) is 14.2 Å². The molecule has 0 N–H and O–H groups in total. The van der Waals surface area contributed by atoms with Gasteiger partial charge in [-0.25, -0.2) is 4.39 Å². The van der Waals surface area contributed by atoms with Crippen molar-refractivity contribution in [3.63, 3.8) is 0 Å². The largest absolute Gasteiger partial charge is 0.492 e. The molecule has 146 valence electrons. The number of hydrogen-bond acceptors (Lipinski definition) is 4. The summed E-state index contributed by atoms with van der Waals surface area (Å²) in [7, 11) is 3.09. The molecular weight excluding hydrogens is 347 g/mol. The zero-order valence-corrected chi connectivity index (χ0v) is 16.8. The Hall–Kier alpha value is -2.56. The molecule has 0 aliphatic heterocycles. The summed E-state index contributed by atoms with van der Waals surface area (Å²) in [6.45, 7) is 7.75. The molecule has 1 atom stereocenters. The predicted molar refractivity (Wildman–Crippen MR) is 104 cm³/mol. The Kier molecular flexibility index (Phi) is 6.83. The fraction of sp³-hybridized carbons (Fsp3) is 0.409. The lowest BCUT2D eigenvalue weighted by molar-refractivity contribution is 0.101. The third-order valence-electron chi connectivity index (χ3n) is 4.91. The summed E-state index contributed by atoms with van der Waals surface area (Å²) in [5, 5.41) is 0. The minimum Gasteiger partial charge on any atom is -0.492 e. The Morgan fingerprint density at radius 3 is 2.11 bits per heavy atom. The van der Waals surface area contributed by atoms with Gasteiger partial charge in [-0.3, -0.25) is 4.79 Å². The summed E-state index contributed by atoms with van der Waals surface area (Å²) in [6, 6.07) is 6.48. The van der Waals surface area contributed by atoms with Crippen LogP contribution in [-0.2, 0) is 0 Å². The molecule has 0 aliphatic rings. The van der Waals surface area contributed by atoms with E-state index in [9.17, 15) is 9.18 Å². The molecule has 0 fully saturated rings. The Bertz CT molecular complexity index is 812. The molecule has 0 bridgehead atoms. The van der Waals surface area contributed by atoms with Crippen molar-refractivity contribution in [2.45, 2.75) is 40.0 Å². The molecule has 0 amide bonds. The van der Waals surface area contributed by atoms with Gasteiger partial charge >= 0.3 is 0 Å². The molecule has 0 radical (unpaired) electrons. The van der Waals surface area contributed by atoms with Crippen molar-refractivity contribution >= 4 is 5.78 Å². The number of benzene rings is 2. The Balaban J connectivity index is 2.26. The van der Waals surface area contributed by atoms with Crippen molar-refractivity contribution in [3.05, 3.63) is 52.3 Å². The van der Waals surface area contributed by atoms with Crippen LogP contribution in [0.4, 0.5) is 4.39 Å². The van der Waals surface area contributed by atoms with Crippen LogP contribution in [0, 0.1) is 19.7 Å². The second-order valence-electron chi connectivity index (χ2n) is 6.67. The van der Waals surface area contributed by atoms with E-state index in [0.29, 0.717) is 29.4 Å². The average molecular weight is 374 g/mol. The number of methoxy groups -OCH3 is 2. The maximum atomic E-state index is 13.1. The van der Waals surface area contributed by atoms with E-state index < -0.39 is 0 Å². The number of Topliss-reactive ketones (excluding diaryl/α,β-unsaturated/α-hetero) is 1. The lowest BCUT2D eigenvalue weighted by Gasteiger charge is -2.21. The van der Waals surface area contributed by atoms with E-state index in [-0.39, 0.29) is 17.5 Å². The van der Waals surface area contributed by atoms with Crippen molar-refractivity contribution in [1.29, 1.82) is 0 Å². The maximum Gasteiger partial charge on any atom is 0.204 e. The highest BCUT2D eigenvalue weighted by Gasteiger charge is 2.25. The van der Waals surface area contributed by atoms with E-state index in [1.54, 1.807) is 19.2 Å². The average Bonchev–Trinajstić information content (AvgIpc) is 2.64. The van der Waals surface area contributed by atoms with Gasteiger partial charge in [0.2, 0.25) is 5.75 Å². The number of carbonyl (C=O) groups excluding carboxylic acids is 1. The predicted octanol–water partition coefficient (Wildman–Crippen LogP) is 5.23. The minimum atomic E-state index is -0.247. The van der Waals surface area contributed by atoms with Crippen LogP contribution in [-0.4, -0.2) is 26.6 Å². The van der Waals surface area contributed by atoms with Crippen LogP contribution in [0.1, 0.15) is 53.2 Å². The van der Waals surface area contributed by atoms with Gasteiger partial charge in [0.15, 0.2) is 17.3 Å². The molecule has 0 heterocycles. The highest BCUT2D eigenvalue weighted by molar-refractivity contribution is 6.00. The van der Waals surface area contributed by atoms with Crippen LogP contribution in [0.2, 0.25) is 0 Å². The van der Waals surface area contributed by atoms with E-state index in [0.717, 1.165) is 23.1 Å². The molecule has 2 aromatic carbocycles. The minimum absolute atomic E-state index is 0.0837. The number of ether oxygens (including phenoxy) is 3. The second-order valence-corrected chi connectivity index (χ2v) is 6.67. The SMILES string of the molecule is COc1c(C)c(C)c(C(C)=O)c(OC)c1OCCC(C)c1ccc(F)cc1. The molecule has 0 saturated carbocycles. The maximum absolute atomic E-state index is 13.1. The molecule has 2 aromatic rings. The first-order valence-electron chi connectivity index (χ1n) is 8.96. The highest BCUT2D eigenvalue weighted by Crippen LogP contribution is 2.45. The van der Waals surface area contributed by atoms with Crippen molar-refractivity contribution in [2.75, 3.05) is 20.8 Å². The van der Waals surface area contributed by atoms with Gasteiger partial charge in [-0.05, 0) is 61.9 Å². The lowest BCUT2D eigenvalue weighted by atomic mass is 9.97. The van der Waals surface area contributed by atoms with Crippen molar-refractivity contribution < 1.29 is 23.4 Å². The second kappa shape index (κ2) is 8.89. The fourth-order valence-corrected chi connectivity index (χ4v) is 3.21. The molecule has 0 saturated heterocycles. The van der Waals surface area contributed by atoms with Crippen molar-refractivity contribution in [1.82, 2.24) is 0 Å². The third kappa shape index (κ3) is 4.41. The van der Waals surface area contributed by atoms with Gasteiger partial charge in [-0.15, -0.1) is 0 Å². The summed E-state index contributed by atoms with van der Waals surface area (Å²) in [4.78, 5) is 12.1. The first-order chi connectivity index (χ1) is 12.8. The molecular formula is C22H27FO4. The van der Waals surface area contributed by atoms with Gasteiger partial charge in [0.25, 0.3) is 0 Å². The van der Waals surface area contributed by atoms with Crippen LogP contribution in [0.25, 0.3) is 0 Å². The van der Waals surface area contributed by atoms with Crippen LogP contribution >= 0.6 is 0 Å². The molecule has 2 rings (SSSR count). The zero-order chi connectivity index (χ0) is 20.1. The third-order valence-corrected chi connectivity index (χ3v) is 4.91. The van der Waals surface area contributed by atoms with Gasteiger partial charge in [-0.1, -0.05) is 19.1 Å². The Morgan fingerprint density at radius 2 is 1.59 bits per heavy atom. The smallest absolute Gasteiger partial charge is 0.204 e. The summed E-state index contributed by atoms with van der Waals surface area (Å²) >= 11 is 0. The lowest BCUT2D eigenvalue weighted by Crippen LogP contribution is -2.10. The quantitative estimate of drug-likeness (QED) is 0.593. The number of hydrogen-bond donors (Lipinski definition) is 0. The molecule has 4 nitrogen and oxygen atoms in total. The van der Waals surface area contributed by atoms with E-state index in [1.807, 2.05) is 13.8 Å².